The first-order chi connectivity index (χ1) is 9.12. The minimum Gasteiger partial charge on any atom is -0.310 e. The van der Waals surface area contributed by atoms with E-state index in [1.807, 2.05) is 6.08 Å². The van der Waals surface area contributed by atoms with Gasteiger partial charge in [-0.25, -0.2) is 0 Å². The summed E-state index contributed by atoms with van der Waals surface area (Å²) in [6, 6.07) is 5.20. The number of aryl methyl sites for hydroxylation is 2. The molecule has 1 nitrogen and oxygen atoms in total. The average molecular weight is 259 g/mol. The fourth-order valence-electron chi connectivity index (χ4n) is 2.63. The number of hydrogen-bond donors (Lipinski definition) is 1. The molecule has 1 aromatic carbocycles. The van der Waals surface area contributed by atoms with Gasteiger partial charge in [0.15, 0.2) is 0 Å². The van der Waals surface area contributed by atoms with Crippen LogP contribution in [0.3, 0.4) is 0 Å². The Hall–Kier alpha value is -1.08. The maximum Gasteiger partial charge on any atom is 0.0210 e. The first-order valence-electron chi connectivity index (χ1n) is 7.58. The third-order valence-corrected chi connectivity index (χ3v) is 3.80. The van der Waals surface area contributed by atoms with Gasteiger partial charge in [-0.3, -0.25) is 0 Å². The predicted molar refractivity (Wildman–Crippen MR) is 86.5 cm³/mol. The van der Waals surface area contributed by atoms with E-state index in [1.165, 1.54) is 47.9 Å². The highest BCUT2D eigenvalue weighted by Gasteiger charge is 2.08. The Bertz CT molecular complexity index is 400. The molecule has 0 aromatic heterocycles. The van der Waals surface area contributed by atoms with Crippen LogP contribution in [0.2, 0.25) is 0 Å². The van der Waals surface area contributed by atoms with Gasteiger partial charge < -0.3 is 5.32 Å². The Kier molecular flexibility index (Phi) is 6.86. The van der Waals surface area contributed by atoms with Crippen LogP contribution in [0.4, 0.5) is 0 Å². The van der Waals surface area contributed by atoms with Crippen LogP contribution in [-0.2, 0) is 6.54 Å². The first-order valence-corrected chi connectivity index (χ1v) is 7.58. The van der Waals surface area contributed by atoms with Crippen LogP contribution in [0.25, 0.3) is 6.08 Å². The van der Waals surface area contributed by atoms with E-state index >= 15 is 0 Å². The molecule has 0 unspecified atom stereocenters. The van der Waals surface area contributed by atoms with Gasteiger partial charge in [0.2, 0.25) is 0 Å². The predicted octanol–water partition coefficient (Wildman–Crippen LogP) is 5.00. The molecule has 106 valence electrons. The second kappa shape index (κ2) is 8.16. The molecule has 1 heteroatoms. The van der Waals surface area contributed by atoms with Crippen molar-refractivity contribution in [3.8, 4) is 0 Å². The first kappa shape index (κ1) is 16.0. The highest BCUT2D eigenvalue weighted by molar-refractivity contribution is 5.54. The van der Waals surface area contributed by atoms with Crippen molar-refractivity contribution in [2.45, 2.75) is 66.0 Å². The SMILES string of the molecule is C=Cc1cc(CNC(CCC)CCC)c(C)cc1C. The van der Waals surface area contributed by atoms with Crippen molar-refractivity contribution in [1.82, 2.24) is 5.32 Å². The van der Waals surface area contributed by atoms with E-state index in [1.54, 1.807) is 0 Å². The quantitative estimate of drug-likeness (QED) is 0.692. The fraction of sp³-hybridized carbons (Fsp3) is 0.556. The lowest BCUT2D eigenvalue weighted by Gasteiger charge is -2.19. The minimum atomic E-state index is 0.655. The summed E-state index contributed by atoms with van der Waals surface area (Å²) in [7, 11) is 0. The van der Waals surface area contributed by atoms with Crippen molar-refractivity contribution in [3.63, 3.8) is 0 Å². The molecule has 0 spiro atoms. The molecule has 19 heavy (non-hydrogen) atoms. The fourth-order valence-corrected chi connectivity index (χ4v) is 2.63. The lowest BCUT2D eigenvalue weighted by Crippen LogP contribution is -2.28. The molecule has 1 aromatic rings. The zero-order valence-corrected chi connectivity index (χ0v) is 13.1. The van der Waals surface area contributed by atoms with Crippen LogP contribution in [0.5, 0.6) is 0 Å². The third kappa shape index (κ3) is 4.83. The van der Waals surface area contributed by atoms with Gasteiger partial charge in [-0.15, -0.1) is 0 Å². The maximum atomic E-state index is 3.90. The molecule has 0 amide bonds. The average Bonchev–Trinajstić information content (AvgIpc) is 2.38. The Labute approximate surface area is 119 Å². The Morgan fingerprint density at radius 3 is 2.26 bits per heavy atom. The van der Waals surface area contributed by atoms with Crippen LogP contribution in [0.1, 0.15) is 61.8 Å². The minimum absolute atomic E-state index is 0.655. The topological polar surface area (TPSA) is 12.0 Å². The highest BCUT2D eigenvalue weighted by atomic mass is 14.9. The van der Waals surface area contributed by atoms with Crippen LogP contribution in [-0.4, -0.2) is 6.04 Å². The van der Waals surface area contributed by atoms with Gasteiger partial charge in [-0.1, -0.05) is 45.4 Å². The molecule has 0 aliphatic heterocycles. The Morgan fingerprint density at radius 2 is 1.74 bits per heavy atom. The van der Waals surface area contributed by atoms with Crippen LogP contribution >= 0.6 is 0 Å². The Balaban J connectivity index is 2.73. The van der Waals surface area contributed by atoms with Gasteiger partial charge in [0.25, 0.3) is 0 Å². The molecule has 0 saturated heterocycles. The summed E-state index contributed by atoms with van der Waals surface area (Å²) in [6.45, 7) is 13.7. The van der Waals surface area contributed by atoms with Gasteiger partial charge in [0.05, 0.1) is 0 Å². The second-order valence-electron chi connectivity index (χ2n) is 5.49. The molecule has 0 bridgehead atoms. The molecule has 0 radical (unpaired) electrons. The summed E-state index contributed by atoms with van der Waals surface area (Å²) in [5, 5.41) is 3.72. The van der Waals surface area contributed by atoms with E-state index in [4.69, 9.17) is 0 Å². The second-order valence-corrected chi connectivity index (χ2v) is 5.49. The normalized spacial score (nSPS) is 11.0. The van der Waals surface area contributed by atoms with E-state index < -0.39 is 0 Å². The monoisotopic (exact) mass is 259 g/mol. The van der Waals surface area contributed by atoms with Crippen LogP contribution in [0.15, 0.2) is 18.7 Å². The van der Waals surface area contributed by atoms with Crippen molar-refractivity contribution in [2.24, 2.45) is 0 Å². The van der Waals surface area contributed by atoms with Gasteiger partial charge in [-0.05, 0) is 55.0 Å². The number of rotatable bonds is 8. The number of benzene rings is 1. The largest absolute Gasteiger partial charge is 0.310 e. The molecule has 0 heterocycles. The zero-order valence-electron chi connectivity index (χ0n) is 13.1. The standard InChI is InChI=1S/C18H29N/c1-6-9-18(10-7-2)19-13-17-12-16(8-3)14(4)11-15(17)5/h8,11-12,18-19H,3,6-7,9-10,13H2,1-2,4-5H3. The van der Waals surface area contributed by atoms with Crippen molar-refractivity contribution in [3.05, 3.63) is 41.0 Å². The molecule has 0 aliphatic rings. The maximum absolute atomic E-state index is 3.90. The lowest BCUT2D eigenvalue weighted by atomic mass is 9.99. The van der Waals surface area contributed by atoms with Crippen molar-refractivity contribution in [2.75, 3.05) is 0 Å². The van der Waals surface area contributed by atoms with Crippen LogP contribution in [0, 0.1) is 13.8 Å². The summed E-state index contributed by atoms with van der Waals surface area (Å²) in [6.07, 6.45) is 7.00. The van der Waals surface area contributed by atoms with E-state index in [9.17, 15) is 0 Å². The molecule has 1 N–H and O–H groups in total. The van der Waals surface area contributed by atoms with Crippen molar-refractivity contribution in [1.29, 1.82) is 0 Å². The summed E-state index contributed by atoms with van der Waals surface area (Å²) in [5.74, 6) is 0. The summed E-state index contributed by atoms with van der Waals surface area (Å²) < 4.78 is 0. The third-order valence-electron chi connectivity index (χ3n) is 3.80. The van der Waals surface area contributed by atoms with Gasteiger partial charge in [0.1, 0.15) is 0 Å². The zero-order chi connectivity index (χ0) is 14.3. The van der Waals surface area contributed by atoms with Gasteiger partial charge >= 0.3 is 0 Å². The highest BCUT2D eigenvalue weighted by Crippen LogP contribution is 2.17. The van der Waals surface area contributed by atoms with Gasteiger partial charge in [-0.2, -0.15) is 0 Å². The van der Waals surface area contributed by atoms with Crippen molar-refractivity contribution >= 4 is 6.08 Å². The Morgan fingerprint density at radius 1 is 1.11 bits per heavy atom. The van der Waals surface area contributed by atoms with E-state index in [2.05, 4.69) is 51.7 Å². The molecule has 1 rings (SSSR count). The molecular weight excluding hydrogens is 230 g/mol. The van der Waals surface area contributed by atoms with E-state index in [-0.39, 0.29) is 0 Å². The lowest BCUT2D eigenvalue weighted by molar-refractivity contribution is 0.443. The summed E-state index contributed by atoms with van der Waals surface area (Å²) in [4.78, 5) is 0. The number of nitrogens with one attached hydrogen (secondary N) is 1. The molecule has 0 fully saturated rings. The van der Waals surface area contributed by atoms with Crippen LogP contribution < -0.4 is 5.32 Å². The van der Waals surface area contributed by atoms with Gasteiger partial charge in [0, 0.05) is 12.6 Å². The molecular formula is C18H29N. The molecule has 0 saturated carbocycles. The van der Waals surface area contributed by atoms with E-state index in [0.717, 1.165) is 6.54 Å². The number of hydrogen-bond acceptors (Lipinski definition) is 1. The molecule has 0 aliphatic carbocycles. The summed E-state index contributed by atoms with van der Waals surface area (Å²) >= 11 is 0. The smallest absolute Gasteiger partial charge is 0.0210 e. The molecule has 0 atom stereocenters. The summed E-state index contributed by atoms with van der Waals surface area (Å²) in [5.41, 5.74) is 5.35. The van der Waals surface area contributed by atoms with E-state index in [0.29, 0.717) is 6.04 Å². The van der Waals surface area contributed by atoms with Crippen molar-refractivity contribution < 1.29 is 0 Å².